The van der Waals surface area contributed by atoms with E-state index >= 15 is 0 Å². The quantitative estimate of drug-likeness (QED) is 0.508. The fourth-order valence-corrected chi connectivity index (χ4v) is 5.53. The first-order chi connectivity index (χ1) is 9.05. The standard InChI is InChI=1S/C14H32NO3Si/c1-6-7-10-14-11-8-9-12-15(14,2)13-19(16-3,17-4)18-5/h14H,6-13H2,1-5H3/q+1. The van der Waals surface area contributed by atoms with Gasteiger partial charge in [0.2, 0.25) is 0 Å². The summed E-state index contributed by atoms with van der Waals surface area (Å²) in [7, 11) is 5.03. The monoisotopic (exact) mass is 290 g/mol. The van der Waals surface area contributed by atoms with Crippen LogP contribution in [0.1, 0.15) is 45.4 Å². The smallest absolute Gasteiger partial charge is 0.374 e. The van der Waals surface area contributed by atoms with E-state index in [-0.39, 0.29) is 0 Å². The number of hydrogen-bond donors (Lipinski definition) is 0. The number of likely N-dealkylation sites (tertiary alicyclic amines) is 1. The second-order valence-electron chi connectivity index (χ2n) is 5.95. The van der Waals surface area contributed by atoms with Gasteiger partial charge in [0, 0.05) is 21.3 Å². The first kappa shape index (κ1) is 17.1. The molecule has 114 valence electrons. The van der Waals surface area contributed by atoms with Gasteiger partial charge < -0.3 is 17.8 Å². The maximum Gasteiger partial charge on any atom is 0.558 e. The molecule has 0 aliphatic carbocycles. The molecule has 0 amide bonds. The Kier molecular flexibility index (Phi) is 6.97. The molecule has 0 N–H and O–H groups in total. The van der Waals surface area contributed by atoms with Crippen molar-refractivity contribution in [1.29, 1.82) is 0 Å². The first-order valence-electron chi connectivity index (χ1n) is 7.55. The van der Waals surface area contributed by atoms with Gasteiger partial charge in [-0.15, -0.1) is 0 Å². The molecule has 0 aromatic carbocycles. The molecular weight excluding hydrogens is 258 g/mol. The Balaban J connectivity index is 2.78. The van der Waals surface area contributed by atoms with Crippen LogP contribution < -0.4 is 0 Å². The maximum atomic E-state index is 5.64. The molecule has 0 aromatic heterocycles. The zero-order valence-electron chi connectivity index (χ0n) is 13.4. The van der Waals surface area contributed by atoms with Gasteiger partial charge in [-0.05, 0) is 32.1 Å². The molecule has 2 atom stereocenters. The molecule has 0 spiro atoms. The lowest BCUT2D eigenvalue weighted by Crippen LogP contribution is -2.65. The predicted molar refractivity (Wildman–Crippen MR) is 79.9 cm³/mol. The van der Waals surface area contributed by atoms with E-state index in [1.165, 1.54) is 45.1 Å². The topological polar surface area (TPSA) is 27.7 Å². The molecule has 0 bridgehead atoms. The predicted octanol–water partition coefficient (Wildman–Crippen LogP) is 2.59. The van der Waals surface area contributed by atoms with Gasteiger partial charge >= 0.3 is 8.80 Å². The minimum Gasteiger partial charge on any atom is -0.374 e. The van der Waals surface area contributed by atoms with E-state index in [2.05, 4.69) is 14.0 Å². The van der Waals surface area contributed by atoms with Crippen molar-refractivity contribution in [2.75, 3.05) is 41.1 Å². The average Bonchev–Trinajstić information content (AvgIpc) is 2.44. The van der Waals surface area contributed by atoms with Crippen molar-refractivity contribution in [3.8, 4) is 0 Å². The summed E-state index contributed by atoms with van der Waals surface area (Å²) < 4.78 is 18.0. The zero-order valence-corrected chi connectivity index (χ0v) is 14.4. The zero-order chi connectivity index (χ0) is 14.4. The van der Waals surface area contributed by atoms with Crippen LogP contribution in [-0.2, 0) is 13.3 Å². The fraction of sp³-hybridized carbons (Fsp3) is 1.00. The molecule has 5 heteroatoms. The molecule has 0 saturated carbocycles. The van der Waals surface area contributed by atoms with E-state index in [1.807, 2.05) is 0 Å². The van der Waals surface area contributed by atoms with Gasteiger partial charge in [0.1, 0.15) is 6.17 Å². The number of nitrogens with zero attached hydrogens (tertiary/aromatic N) is 1. The Morgan fingerprint density at radius 2 is 1.74 bits per heavy atom. The lowest BCUT2D eigenvalue weighted by atomic mass is 9.96. The van der Waals surface area contributed by atoms with E-state index in [9.17, 15) is 0 Å². The van der Waals surface area contributed by atoms with Crippen molar-refractivity contribution < 1.29 is 17.8 Å². The Morgan fingerprint density at radius 3 is 2.26 bits per heavy atom. The van der Waals surface area contributed by atoms with Crippen LogP contribution in [0.2, 0.25) is 0 Å². The lowest BCUT2D eigenvalue weighted by Gasteiger charge is -2.47. The normalized spacial score (nSPS) is 28.6. The van der Waals surface area contributed by atoms with E-state index in [4.69, 9.17) is 13.3 Å². The highest BCUT2D eigenvalue weighted by molar-refractivity contribution is 6.60. The second kappa shape index (κ2) is 7.74. The number of rotatable bonds is 8. The van der Waals surface area contributed by atoms with Crippen LogP contribution >= 0.6 is 0 Å². The van der Waals surface area contributed by atoms with E-state index in [0.29, 0.717) is 0 Å². The Hall–Kier alpha value is 0.0569. The van der Waals surface area contributed by atoms with E-state index in [1.54, 1.807) is 21.3 Å². The summed E-state index contributed by atoms with van der Waals surface area (Å²) in [6.45, 7) is 3.49. The molecule has 1 aliphatic rings. The number of piperidine rings is 1. The van der Waals surface area contributed by atoms with Crippen LogP contribution in [0.4, 0.5) is 0 Å². The Morgan fingerprint density at radius 1 is 1.11 bits per heavy atom. The first-order valence-corrected chi connectivity index (χ1v) is 9.48. The van der Waals surface area contributed by atoms with Gasteiger partial charge in [-0.2, -0.15) is 0 Å². The molecule has 19 heavy (non-hydrogen) atoms. The summed E-state index contributed by atoms with van der Waals surface area (Å²) in [4.78, 5) is 0. The largest absolute Gasteiger partial charge is 0.558 e. The molecule has 2 unspecified atom stereocenters. The molecule has 1 saturated heterocycles. The summed E-state index contributed by atoms with van der Waals surface area (Å²) in [5, 5.41) is 0. The van der Waals surface area contributed by atoms with Crippen molar-refractivity contribution in [3.05, 3.63) is 0 Å². The van der Waals surface area contributed by atoms with Gasteiger partial charge in [-0.1, -0.05) is 13.3 Å². The summed E-state index contributed by atoms with van der Waals surface area (Å²) >= 11 is 0. The van der Waals surface area contributed by atoms with Gasteiger partial charge in [0.25, 0.3) is 0 Å². The van der Waals surface area contributed by atoms with Gasteiger partial charge in [-0.3, -0.25) is 0 Å². The van der Waals surface area contributed by atoms with Crippen molar-refractivity contribution >= 4 is 8.80 Å². The van der Waals surface area contributed by atoms with Gasteiger partial charge in [0.05, 0.1) is 19.6 Å². The average molecular weight is 290 g/mol. The number of hydrogen-bond acceptors (Lipinski definition) is 3. The van der Waals surface area contributed by atoms with Crippen molar-refractivity contribution in [2.45, 2.75) is 51.5 Å². The SMILES string of the molecule is CCCCC1CCCC[N+]1(C)C[Si](OC)(OC)OC. The summed E-state index contributed by atoms with van der Waals surface area (Å²) in [5.74, 6) is 0. The summed E-state index contributed by atoms with van der Waals surface area (Å²) in [6, 6.07) is 0.737. The molecule has 1 rings (SSSR count). The van der Waals surface area contributed by atoms with Crippen molar-refractivity contribution in [3.63, 3.8) is 0 Å². The van der Waals surface area contributed by atoms with Crippen LogP contribution in [-0.4, -0.2) is 60.4 Å². The minimum absolute atomic E-state index is 0.737. The number of quaternary nitrogens is 1. The lowest BCUT2D eigenvalue weighted by molar-refractivity contribution is -0.931. The second-order valence-corrected chi connectivity index (χ2v) is 8.86. The molecule has 0 radical (unpaired) electrons. The Bertz CT molecular complexity index is 253. The van der Waals surface area contributed by atoms with Crippen LogP contribution in [0.25, 0.3) is 0 Å². The molecule has 4 nitrogen and oxygen atoms in total. The van der Waals surface area contributed by atoms with Gasteiger partial charge in [0.15, 0.2) is 0 Å². The van der Waals surface area contributed by atoms with E-state index in [0.717, 1.165) is 16.7 Å². The third-order valence-electron chi connectivity index (χ3n) is 4.72. The third-order valence-corrected chi connectivity index (χ3v) is 7.69. The van der Waals surface area contributed by atoms with Crippen molar-refractivity contribution in [1.82, 2.24) is 0 Å². The fourth-order valence-electron chi connectivity index (χ4n) is 3.34. The molecule has 1 fully saturated rings. The summed E-state index contributed by atoms with van der Waals surface area (Å²) in [5.41, 5.74) is 0. The molecule has 1 heterocycles. The van der Waals surface area contributed by atoms with Gasteiger partial charge in [-0.25, -0.2) is 0 Å². The highest BCUT2D eigenvalue weighted by Crippen LogP contribution is 2.29. The molecule has 0 aromatic rings. The molecular formula is C14H32NO3Si+. The van der Waals surface area contributed by atoms with Crippen LogP contribution in [0.5, 0.6) is 0 Å². The number of unbranched alkanes of at least 4 members (excludes halogenated alkanes) is 1. The third kappa shape index (κ3) is 4.26. The highest BCUT2D eigenvalue weighted by atomic mass is 28.4. The maximum absolute atomic E-state index is 5.64. The van der Waals surface area contributed by atoms with E-state index < -0.39 is 8.80 Å². The summed E-state index contributed by atoms with van der Waals surface area (Å²) in [6.07, 6.45) is 8.81. The van der Waals surface area contributed by atoms with Crippen molar-refractivity contribution in [2.24, 2.45) is 0 Å². The minimum atomic E-state index is -2.49. The van der Waals surface area contributed by atoms with Crippen LogP contribution in [0.15, 0.2) is 0 Å². The van der Waals surface area contributed by atoms with Crippen LogP contribution in [0, 0.1) is 0 Å². The molecule has 1 aliphatic heterocycles. The highest BCUT2D eigenvalue weighted by Gasteiger charge is 2.50. The van der Waals surface area contributed by atoms with Crippen LogP contribution in [0.3, 0.4) is 0 Å². The Labute approximate surface area is 120 Å².